The summed E-state index contributed by atoms with van der Waals surface area (Å²) in [6, 6.07) is 5.83. The molecule has 4 heteroatoms. The predicted molar refractivity (Wildman–Crippen MR) is 71.8 cm³/mol. The molecular weight excluding hydrogens is 228 g/mol. The molecule has 0 aromatic heterocycles. The second kappa shape index (κ2) is 5.16. The normalized spacial score (nSPS) is 18.9. The first kappa shape index (κ1) is 13.2. The zero-order chi connectivity index (χ0) is 13.2. The predicted octanol–water partition coefficient (Wildman–Crippen LogP) is 1.83. The fourth-order valence-electron chi connectivity index (χ4n) is 2.67. The fraction of sp³-hybridized carbons (Fsp3) is 0.571. The first-order valence-electron chi connectivity index (χ1n) is 6.34. The molecule has 1 saturated carbocycles. The molecule has 100 valence electrons. The minimum Gasteiger partial charge on any atom is -0.493 e. The molecule has 1 aliphatic carbocycles. The highest BCUT2D eigenvalue weighted by molar-refractivity contribution is 5.44. The lowest BCUT2D eigenvalue weighted by molar-refractivity contribution is 0.104. The third-order valence-corrected chi connectivity index (χ3v) is 4.18. The van der Waals surface area contributed by atoms with Crippen molar-refractivity contribution in [3.8, 4) is 11.5 Å². The number of ether oxygens (including phenoxy) is 2. The summed E-state index contributed by atoms with van der Waals surface area (Å²) in [5.41, 5.74) is 13.4. The summed E-state index contributed by atoms with van der Waals surface area (Å²) in [5, 5.41) is 0. The van der Waals surface area contributed by atoms with Crippen LogP contribution in [0.2, 0.25) is 0 Å². The molecule has 1 aromatic carbocycles. The van der Waals surface area contributed by atoms with Gasteiger partial charge in [-0.2, -0.15) is 0 Å². The second-order valence-corrected chi connectivity index (χ2v) is 5.01. The molecule has 1 aromatic rings. The largest absolute Gasteiger partial charge is 0.493 e. The van der Waals surface area contributed by atoms with Crippen LogP contribution in [0.4, 0.5) is 0 Å². The molecule has 0 spiro atoms. The molecule has 0 aliphatic heterocycles. The van der Waals surface area contributed by atoms with Gasteiger partial charge in [0.2, 0.25) is 0 Å². The van der Waals surface area contributed by atoms with E-state index in [1.165, 1.54) is 6.42 Å². The van der Waals surface area contributed by atoms with Crippen molar-refractivity contribution in [1.82, 2.24) is 0 Å². The Hall–Kier alpha value is -1.26. The van der Waals surface area contributed by atoms with Gasteiger partial charge in [-0.25, -0.2) is 0 Å². The van der Waals surface area contributed by atoms with Gasteiger partial charge >= 0.3 is 0 Å². The van der Waals surface area contributed by atoms with Crippen molar-refractivity contribution < 1.29 is 9.47 Å². The number of rotatable bonds is 5. The number of hydrogen-bond acceptors (Lipinski definition) is 4. The third kappa shape index (κ3) is 2.06. The lowest BCUT2D eigenvalue weighted by Crippen LogP contribution is -2.46. The molecule has 1 aliphatic rings. The van der Waals surface area contributed by atoms with Crippen molar-refractivity contribution in [2.24, 2.45) is 16.9 Å². The summed E-state index contributed by atoms with van der Waals surface area (Å²) in [6.45, 7) is 0.641. The number of benzene rings is 1. The molecule has 0 saturated heterocycles. The monoisotopic (exact) mass is 250 g/mol. The van der Waals surface area contributed by atoms with Gasteiger partial charge in [0.1, 0.15) is 0 Å². The molecule has 18 heavy (non-hydrogen) atoms. The van der Waals surface area contributed by atoms with Crippen LogP contribution in [-0.2, 0) is 0 Å². The van der Waals surface area contributed by atoms with Crippen LogP contribution in [0.3, 0.4) is 0 Å². The molecule has 1 atom stereocenters. The van der Waals surface area contributed by atoms with E-state index in [4.69, 9.17) is 20.9 Å². The Morgan fingerprint density at radius 3 is 2.33 bits per heavy atom. The first-order chi connectivity index (χ1) is 8.66. The van der Waals surface area contributed by atoms with Gasteiger partial charge < -0.3 is 20.9 Å². The van der Waals surface area contributed by atoms with Crippen molar-refractivity contribution in [2.75, 3.05) is 20.8 Å². The molecule has 1 fully saturated rings. The Morgan fingerprint density at radius 2 is 1.89 bits per heavy atom. The first-order valence-corrected chi connectivity index (χ1v) is 6.34. The van der Waals surface area contributed by atoms with Crippen LogP contribution >= 0.6 is 0 Å². The maximum Gasteiger partial charge on any atom is 0.161 e. The minimum atomic E-state index is -0.0314. The van der Waals surface area contributed by atoms with E-state index in [9.17, 15) is 0 Å². The maximum absolute atomic E-state index is 6.38. The topological polar surface area (TPSA) is 70.5 Å². The van der Waals surface area contributed by atoms with E-state index >= 15 is 0 Å². The van der Waals surface area contributed by atoms with Gasteiger partial charge in [-0.05, 0) is 37.1 Å². The van der Waals surface area contributed by atoms with Gasteiger partial charge in [-0.1, -0.05) is 12.5 Å². The lowest BCUT2D eigenvalue weighted by Gasteiger charge is -2.45. The summed E-state index contributed by atoms with van der Waals surface area (Å²) in [5.74, 6) is 1.45. The SMILES string of the molecule is COc1ccc(C(N)C2(CN)CCC2)cc1OC. The Labute approximate surface area is 108 Å². The van der Waals surface area contributed by atoms with Gasteiger partial charge in [-0.3, -0.25) is 0 Å². The van der Waals surface area contributed by atoms with E-state index in [0.717, 1.165) is 29.9 Å². The zero-order valence-electron chi connectivity index (χ0n) is 11.1. The Kier molecular flexibility index (Phi) is 3.78. The summed E-state index contributed by atoms with van der Waals surface area (Å²) in [7, 11) is 3.26. The minimum absolute atomic E-state index is 0.0314. The third-order valence-electron chi connectivity index (χ3n) is 4.18. The summed E-state index contributed by atoms with van der Waals surface area (Å²) in [6.07, 6.45) is 3.44. The molecule has 0 radical (unpaired) electrons. The highest BCUT2D eigenvalue weighted by Gasteiger charge is 2.41. The average Bonchev–Trinajstić information content (AvgIpc) is 2.37. The Balaban J connectivity index is 2.28. The molecule has 0 heterocycles. The van der Waals surface area contributed by atoms with Crippen LogP contribution in [0.25, 0.3) is 0 Å². The van der Waals surface area contributed by atoms with Gasteiger partial charge in [0, 0.05) is 11.5 Å². The van der Waals surface area contributed by atoms with Crippen LogP contribution in [0.15, 0.2) is 18.2 Å². The fourth-order valence-corrected chi connectivity index (χ4v) is 2.67. The van der Waals surface area contributed by atoms with Crippen LogP contribution in [0, 0.1) is 5.41 Å². The average molecular weight is 250 g/mol. The smallest absolute Gasteiger partial charge is 0.161 e. The van der Waals surface area contributed by atoms with Crippen molar-refractivity contribution in [1.29, 1.82) is 0 Å². The van der Waals surface area contributed by atoms with E-state index in [1.54, 1.807) is 14.2 Å². The quantitative estimate of drug-likeness (QED) is 0.836. The number of hydrogen-bond donors (Lipinski definition) is 2. The van der Waals surface area contributed by atoms with E-state index in [0.29, 0.717) is 6.54 Å². The summed E-state index contributed by atoms with van der Waals surface area (Å²) >= 11 is 0. The summed E-state index contributed by atoms with van der Waals surface area (Å²) < 4.78 is 10.5. The highest BCUT2D eigenvalue weighted by Crippen LogP contribution is 2.49. The van der Waals surface area contributed by atoms with Crippen LogP contribution in [-0.4, -0.2) is 20.8 Å². The molecule has 0 bridgehead atoms. The molecule has 4 nitrogen and oxygen atoms in total. The van der Waals surface area contributed by atoms with Gasteiger partial charge in [0.15, 0.2) is 11.5 Å². The molecule has 4 N–H and O–H groups in total. The Morgan fingerprint density at radius 1 is 1.22 bits per heavy atom. The number of methoxy groups -OCH3 is 2. The van der Waals surface area contributed by atoms with Crippen LogP contribution in [0.1, 0.15) is 30.9 Å². The lowest BCUT2D eigenvalue weighted by atomic mass is 9.63. The number of nitrogens with two attached hydrogens (primary N) is 2. The van der Waals surface area contributed by atoms with E-state index in [-0.39, 0.29) is 11.5 Å². The maximum atomic E-state index is 6.38. The molecular formula is C14H22N2O2. The van der Waals surface area contributed by atoms with Gasteiger partial charge in [0.05, 0.1) is 14.2 Å². The van der Waals surface area contributed by atoms with Crippen molar-refractivity contribution >= 4 is 0 Å². The highest BCUT2D eigenvalue weighted by atomic mass is 16.5. The van der Waals surface area contributed by atoms with Gasteiger partial charge in [0.25, 0.3) is 0 Å². The summed E-state index contributed by atoms with van der Waals surface area (Å²) in [4.78, 5) is 0. The second-order valence-electron chi connectivity index (χ2n) is 5.01. The zero-order valence-corrected chi connectivity index (χ0v) is 11.1. The van der Waals surface area contributed by atoms with Crippen molar-refractivity contribution in [3.63, 3.8) is 0 Å². The van der Waals surface area contributed by atoms with Crippen LogP contribution < -0.4 is 20.9 Å². The van der Waals surface area contributed by atoms with Crippen LogP contribution in [0.5, 0.6) is 11.5 Å². The van der Waals surface area contributed by atoms with E-state index in [1.807, 2.05) is 18.2 Å². The standard InChI is InChI=1S/C14H22N2O2/c1-17-11-5-4-10(8-12(11)18-2)13(16)14(9-15)6-3-7-14/h4-5,8,13H,3,6-7,9,15-16H2,1-2H3. The molecule has 2 rings (SSSR count). The van der Waals surface area contributed by atoms with E-state index in [2.05, 4.69) is 0 Å². The van der Waals surface area contributed by atoms with Crippen molar-refractivity contribution in [2.45, 2.75) is 25.3 Å². The van der Waals surface area contributed by atoms with Gasteiger partial charge in [-0.15, -0.1) is 0 Å². The Bertz CT molecular complexity index is 411. The van der Waals surface area contributed by atoms with Crippen molar-refractivity contribution in [3.05, 3.63) is 23.8 Å². The van der Waals surface area contributed by atoms with E-state index < -0.39 is 0 Å². The molecule has 1 unspecified atom stereocenters. The molecule has 0 amide bonds.